The number of hydrogen-bond donors (Lipinski definition) is 2. The molecule has 3 aromatic rings. The van der Waals surface area contributed by atoms with E-state index in [1.54, 1.807) is 17.5 Å². The maximum absolute atomic E-state index is 12.5. The number of nitrogens with one attached hydrogen (secondary N) is 2. The first-order chi connectivity index (χ1) is 14.9. The summed E-state index contributed by atoms with van der Waals surface area (Å²) >= 11 is 1.33. The molecule has 1 amide bonds. The van der Waals surface area contributed by atoms with Gasteiger partial charge in [0.15, 0.2) is 0 Å². The molecule has 0 atom stereocenters. The Hall–Kier alpha value is -2.75. The van der Waals surface area contributed by atoms with Crippen LogP contribution in [0.3, 0.4) is 0 Å². The average Bonchev–Trinajstić information content (AvgIpc) is 3.23. The molecule has 164 valence electrons. The highest BCUT2D eigenvalue weighted by atomic mass is 32.2. The summed E-state index contributed by atoms with van der Waals surface area (Å²) in [5.41, 5.74) is 1.78. The van der Waals surface area contributed by atoms with Gasteiger partial charge in [-0.3, -0.25) is 4.79 Å². The van der Waals surface area contributed by atoms with Crippen LogP contribution in [0.5, 0.6) is 5.75 Å². The van der Waals surface area contributed by atoms with Gasteiger partial charge in [-0.15, -0.1) is 11.3 Å². The van der Waals surface area contributed by atoms with Gasteiger partial charge in [0.2, 0.25) is 10.0 Å². The molecule has 7 nitrogen and oxygen atoms in total. The van der Waals surface area contributed by atoms with Gasteiger partial charge in [-0.2, -0.15) is 0 Å². The van der Waals surface area contributed by atoms with Crippen LogP contribution < -0.4 is 14.8 Å². The van der Waals surface area contributed by atoms with E-state index in [9.17, 15) is 13.2 Å². The van der Waals surface area contributed by atoms with Crippen LogP contribution in [0.4, 0.5) is 5.69 Å². The van der Waals surface area contributed by atoms with Crippen LogP contribution in [0.25, 0.3) is 0 Å². The summed E-state index contributed by atoms with van der Waals surface area (Å²) in [4.78, 5) is 17.0. The molecule has 0 aliphatic heterocycles. The quantitative estimate of drug-likeness (QED) is 0.439. The summed E-state index contributed by atoms with van der Waals surface area (Å²) in [7, 11) is -3.62. The summed E-state index contributed by atoms with van der Waals surface area (Å²) < 4.78 is 33.0. The van der Waals surface area contributed by atoms with Crippen molar-refractivity contribution in [2.75, 3.05) is 11.9 Å². The number of anilines is 1. The van der Waals surface area contributed by atoms with Crippen molar-refractivity contribution >= 4 is 33.0 Å². The Kier molecular flexibility index (Phi) is 7.78. The molecule has 31 heavy (non-hydrogen) atoms. The third-order valence-corrected chi connectivity index (χ3v) is 6.67. The molecule has 3 rings (SSSR count). The van der Waals surface area contributed by atoms with Gasteiger partial charge in [-0.05, 0) is 43.7 Å². The molecule has 1 aromatic heterocycles. The molecule has 0 spiro atoms. The lowest BCUT2D eigenvalue weighted by molar-refractivity contribution is 0.102. The van der Waals surface area contributed by atoms with Crippen molar-refractivity contribution in [1.29, 1.82) is 0 Å². The second kappa shape index (κ2) is 10.5. The molecule has 0 aliphatic carbocycles. The molecule has 0 saturated heterocycles. The van der Waals surface area contributed by atoms with Gasteiger partial charge in [-0.1, -0.05) is 37.1 Å². The molecule has 0 aliphatic rings. The number of rotatable bonds is 10. The second-order valence-electron chi connectivity index (χ2n) is 6.96. The maximum Gasteiger partial charge on any atom is 0.275 e. The van der Waals surface area contributed by atoms with Crippen LogP contribution in [0, 0.1) is 6.92 Å². The summed E-state index contributed by atoms with van der Waals surface area (Å²) in [6, 6.07) is 13.8. The zero-order chi connectivity index (χ0) is 22.3. The summed E-state index contributed by atoms with van der Waals surface area (Å²) in [6.45, 7) is 4.63. The van der Waals surface area contributed by atoms with Crippen LogP contribution in [0.15, 0.2) is 58.8 Å². The molecule has 2 aromatic carbocycles. The van der Waals surface area contributed by atoms with Crippen LogP contribution in [0.1, 0.15) is 40.8 Å². The molecule has 2 N–H and O–H groups in total. The summed E-state index contributed by atoms with van der Waals surface area (Å²) in [5, 5.41) is 5.02. The number of hydrogen-bond acceptors (Lipinski definition) is 6. The number of carbonyl (C=O) groups excluding carboxylic acids is 1. The number of ether oxygens (including phenoxy) is 1. The second-order valence-corrected chi connectivity index (χ2v) is 9.67. The van der Waals surface area contributed by atoms with Crippen LogP contribution in [-0.4, -0.2) is 25.9 Å². The minimum absolute atomic E-state index is 0.104. The normalized spacial score (nSPS) is 11.3. The van der Waals surface area contributed by atoms with E-state index in [-0.39, 0.29) is 17.2 Å². The average molecular weight is 460 g/mol. The first-order valence-corrected chi connectivity index (χ1v) is 12.3. The maximum atomic E-state index is 12.5. The third-order valence-electron chi connectivity index (χ3n) is 4.39. The van der Waals surface area contributed by atoms with Crippen molar-refractivity contribution in [3.63, 3.8) is 0 Å². The lowest BCUT2D eigenvalue weighted by Crippen LogP contribution is -2.24. The van der Waals surface area contributed by atoms with E-state index in [1.165, 1.54) is 23.5 Å². The van der Waals surface area contributed by atoms with E-state index >= 15 is 0 Å². The van der Waals surface area contributed by atoms with Gasteiger partial charge in [-0.25, -0.2) is 18.1 Å². The smallest absolute Gasteiger partial charge is 0.275 e. The molecule has 0 radical (unpaired) electrons. The first-order valence-electron chi connectivity index (χ1n) is 9.92. The fourth-order valence-electron chi connectivity index (χ4n) is 2.66. The topological polar surface area (TPSA) is 97.4 Å². The number of thiazole rings is 1. The number of carbonyl (C=O) groups is 1. The number of aromatic nitrogens is 1. The van der Waals surface area contributed by atoms with Crippen molar-refractivity contribution in [3.8, 4) is 5.75 Å². The highest BCUT2D eigenvalue weighted by Gasteiger charge is 2.16. The van der Waals surface area contributed by atoms with E-state index in [1.807, 2.05) is 38.1 Å². The number of benzene rings is 2. The van der Waals surface area contributed by atoms with E-state index < -0.39 is 15.9 Å². The van der Waals surface area contributed by atoms with Gasteiger partial charge in [0.05, 0.1) is 4.90 Å². The predicted octanol–water partition coefficient (Wildman–Crippen LogP) is 4.36. The largest absolute Gasteiger partial charge is 0.486 e. The van der Waals surface area contributed by atoms with Crippen LogP contribution in [0.2, 0.25) is 0 Å². The van der Waals surface area contributed by atoms with Crippen molar-refractivity contribution in [2.24, 2.45) is 0 Å². The van der Waals surface area contributed by atoms with E-state index in [0.717, 1.165) is 24.2 Å². The van der Waals surface area contributed by atoms with Gasteiger partial charge < -0.3 is 10.1 Å². The molecule has 0 fully saturated rings. The minimum Gasteiger partial charge on any atom is -0.486 e. The van der Waals surface area contributed by atoms with E-state index in [0.29, 0.717) is 17.2 Å². The Morgan fingerprint density at radius 2 is 1.94 bits per heavy atom. The highest BCUT2D eigenvalue weighted by Crippen LogP contribution is 2.19. The third kappa shape index (κ3) is 6.61. The molecule has 1 heterocycles. The van der Waals surface area contributed by atoms with Crippen LogP contribution >= 0.6 is 11.3 Å². The number of sulfonamides is 1. The molecular formula is C22H25N3O4S2. The number of aryl methyl sites for hydroxylation is 1. The van der Waals surface area contributed by atoms with Crippen LogP contribution in [-0.2, 0) is 16.6 Å². The Morgan fingerprint density at radius 1 is 1.16 bits per heavy atom. The fraction of sp³-hybridized carbons (Fsp3) is 0.273. The Bertz CT molecular complexity index is 1130. The van der Waals surface area contributed by atoms with Gasteiger partial charge in [0.25, 0.3) is 5.91 Å². The van der Waals surface area contributed by atoms with Crippen molar-refractivity contribution in [1.82, 2.24) is 9.71 Å². The lowest BCUT2D eigenvalue weighted by Gasteiger charge is -2.08. The van der Waals surface area contributed by atoms with E-state index in [4.69, 9.17) is 4.74 Å². The highest BCUT2D eigenvalue weighted by molar-refractivity contribution is 7.89. The SMILES string of the molecule is CCCCNS(=O)(=O)c1cccc(NC(=O)c2csc(COc3ccc(C)cc3)n2)c1. The number of amides is 1. The van der Waals surface area contributed by atoms with Gasteiger partial charge in [0, 0.05) is 17.6 Å². The molecule has 9 heteroatoms. The number of unbranched alkanes of at least 4 members (excludes halogenated alkanes) is 1. The number of nitrogens with zero attached hydrogens (tertiary/aromatic N) is 1. The Balaban J connectivity index is 1.61. The van der Waals surface area contributed by atoms with Crippen molar-refractivity contribution in [2.45, 2.75) is 38.2 Å². The molecule has 0 unspecified atom stereocenters. The molecule has 0 saturated carbocycles. The minimum atomic E-state index is -3.62. The van der Waals surface area contributed by atoms with Gasteiger partial charge in [0.1, 0.15) is 23.1 Å². The van der Waals surface area contributed by atoms with E-state index in [2.05, 4.69) is 15.0 Å². The summed E-state index contributed by atoms with van der Waals surface area (Å²) in [5.74, 6) is 0.323. The fourth-order valence-corrected chi connectivity index (χ4v) is 4.47. The Morgan fingerprint density at radius 3 is 2.68 bits per heavy atom. The van der Waals surface area contributed by atoms with Crippen molar-refractivity contribution < 1.29 is 17.9 Å². The first kappa shape index (κ1) is 22.9. The molecular weight excluding hydrogens is 434 g/mol. The summed E-state index contributed by atoms with van der Waals surface area (Å²) in [6.07, 6.45) is 1.65. The standard InChI is InChI=1S/C22H25N3O4S2/c1-3-4-12-23-31(27,28)19-7-5-6-17(13-19)24-22(26)20-15-30-21(25-20)14-29-18-10-8-16(2)9-11-18/h5-11,13,15,23H,3-4,12,14H2,1-2H3,(H,24,26). The lowest BCUT2D eigenvalue weighted by atomic mass is 10.2. The van der Waals surface area contributed by atoms with Crippen molar-refractivity contribution in [3.05, 3.63) is 70.2 Å². The van der Waals surface area contributed by atoms with Gasteiger partial charge >= 0.3 is 0 Å². The Labute approximate surface area is 186 Å². The monoisotopic (exact) mass is 459 g/mol. The predicted molar refractivity (Wildman–Crippen MR) is 122 cm³/mol. The zero-order valence-electron chi connectivity index (χ0n) is 17.4. The zero-order valence-corrected chi connectivity index (χ0v) is 19.1. The molecule has 0 bridgehead atoms.